The summed E-state index contributed by atoms with van der Waals surface area (Å²) in [5.74, 6) is 2.12. The van der Waals surface area contributed by atoms with Crippen LogP contribution in [0.2, 0.25) is 0 Å². The first-order valence-electron chi connectivity index (χ1n) is 7.28. The molecule has 5 nitrogen and oxygen atoms in total. The molecule has 0 aliphatic heterocycles. The largest absolute Gasteiger partial charge is 0.370 e. The van der Waals surface area contributed by atoms with Crippen LogP contribution in [0.5, 0.6) is 0 Å². The zero-order valence-electron chi connectivity index (χ0n) is 12.9. The van der Waals surface area contributed by atoms with Gasteiger partial charge in [0, 0.05) is 13.1 Å². The molecule has 0 atom stereocenters. The summed E-state index contributed by atoms with van der Waals surface area (Å²) >= 11 is 0. The Labute approximate surface area is 118 Å². The maximum atomic E-state index is 5.72. The minimum atomic E-state index is 0.355. The first-order chi connectivity index (χ1) is 8.91. The topological polar surface area (TPSA) is 88.8 Å². The number of hydrogen-bond acceptors (Lipinski definition) is 2. The van der Waals surface area contributed by atoms with Crippen molar-refractivity contribution < 1.29 is 0 Å². The Kier molecular flexibility index (Phi) is 9.94. The van der Waals surface area contributed by atoms with E-state index in [1.165, 1.54) is 0 Å². The van der Waals surface area contributed by atoms with Gasteiger partial charge < -0.3 is 11.5 Å². The van der Waals surface area contributed by atoms with Crippen LogP contribution in [0.3, 0.4) is 0 Å². The Morgan fingerprint density at radius 2 is 1.21 bits per heavy atom. The van der Waals surface area contributed by atoms with Gasteiger partial charge in [-0.3, -0.25) is 15.3 Å². The van der Waals surface area contributed by atoms with Crippen LogP contribution in [0, 0.1) is 11.8 Å². The van der Waals surface area contributed by atoms with Crippen molar-refractivity contribution >= 4 is 11.9 Å². The standard InChI is InChI=1S/C14H31N5/c1-11(2)7-5-9-17-13(15)19-14(16)18-10-6-8-12(3)4/h11-12H,5-10H2,1-4H3,(H5,15,16,17,18,19). The highest BCUT2D eigenvalue weighted by Crippen LogP contribution is 2.03. The molecule has 112 valence electrons. The predicted molar refractivity (Wildman–Crippen MR) is 84.3 cm³/mol. The van der Waals surface area contributed by atoms with Gasteiger partial charge in [-0.05, 0) is 37.5 Å². The van der Waals surface area contributed by atoms with E-state index in [1.54, 1.807) is 0 Å². The molecule has 0 bridgehead atoms. The van der Waals surface area contributed by atoms with Crippen molar-refractivity contribution in [1.29, 1.82) is 0 Å². The van der Waals surface area contributed by atoms with Crippen molar-refractivity contribution in [3.05, 3.63) is 0 Å². The number of guanidine groups is 2. The molecule has 0 spiro atoms. The van der Waals surface area contributed by atoms with E-state index in [0.717, 1.165) is 38.8 Å². The summed E-state index contributed by atoms with van der Waals surface area (Å²) in [6.07, 6.45) is 4.42. The Balaban J connectivity index is 3.80. The molecule has 0 aliphatic carbocycles. The van der Waals surface area contributed by atoms with Crippen LogP contribution >= 0.6 is 0 Å². The highest BCUT2D eigenvalue weighted by atomic mass is 15.2. The number of hydrogen-bond donors (Lipinski definition) is 3. The number of nitrogens with one attached hydrogen (secondary N) is 1. The van der Waals surface area contributed by atoms with E-state index >= 15 is 0 Å². The second-order valence-corrected chi connectivity index (χ2v) is 5.73. The molecule has 5 heteroatoms. The summed E-state index contributed by atoms with van der Waals surface area (Å²) < 4.78 is 0. The van der Waals surface area contributed by atoms with Gasteiger partial charge >= 0.3 is 0 Å². The molecule has 0 radical (unpaired) electrons. The zero-order chi connectivity index (χ0) is 14.7. The minimum absolute atomic E-state index is 0.355. The van der Waals surface area contributed by atoms with Crippen LogP contribution in [0.4, 0.5) is 0 Å². The Hall–Kier alpha value is -1.26. The Morgan fingerprint density at radius 3 is 1.53 bits per heavy atom. The molecule has 0 unspecified atom stereocenters. The lowest BCUT2D eigenvalue weighted by Gasteiger charge is -2.06. The Morgan fingerprint density at radius 1 is 0.842 bits per heavy atom. The van der Waals surface area contributed by atoms with Crippen LogP contribution < -0.4 is 16.8 Å². The van der Waals surface area contributed by atoms with Crippen molar-refractivity contribution in [3.63, 3.8) is 0 Å². The third kappa shape index (κ3) is 13.0. The molecular weight excluding hydrogens is 238 g/mol. The molecule has 0 fully saturated rings. The van der Waals surface area contributed by atoms with Crippen LogP contribution in [-0.4, -0.2) is 25.0 Å². The van der Waals surface area contributed by atoms with E-state index in [1.807, 2.05) is 0 Å². The molecule has 0 aliphatic rings. The predicted octanol–water partition coefficient (Wildman–Crippen LogP) is 2.08. The van der Waals surface area contributed by atoms with Crippen LogP contribution in [0.25, 0.3) is 0 Å². The molecule has 0 saturated heterocycles. The zero-order valence-corrected chi connectivity index (χ0v) is 12.9. The smallest absolute Gasteiger partial charge is 0.195 e. The summed E-state index contributed by atoms with van der Waals surface area (Å²) in [5, 5.41) is 2.81. The third-order valence-corrected chi connectivity index (χ3v) is 2.70. The summed E-state index contributed by atoms with van der Waals surface area (Å²) in [5.41, 5.74) is 11.4. The van der Waals surface area contributed by atoms with E-state index in [9.17, 15) is 0 Å². The van der Waals surface area contributed by atoms with E-state index in [4.69, 9.17) is 11.5 Å². The fourth-order valence-electron chi connectivity index (χ4n) is 1.61. The number of rotatable bonds is 8. The molecule has 0 aromatic heterocycles. The second-order valence-electron chi connectivity index (χ2n) is 5.73. The summed E-state index contributed by atoms with van der Waals surface area (Å²) in [4.78, 5) is 8.43. The molecule has 0 saturated carbocycles. The number of nitrogens with zero attached hydrogens (tertiary/aromatic N) is 2. The lowest BCUT2D eigenvalue weighted by Crippen LogP contribution is -2.41. The van der Waals surface area contributed by atoms with E-state index in [-0.39, 0.29) is 0 Å². The minimum Gasteiger partial charge on any atom is -0.370 e. The number of nitrogens with two attached hydrogens (primary N) is 2. The van der Waals surface area contributed by atoms with E-state index in [0.29, 0.717) is 23.8 Å². The van der Waals surface area contributed by atoms with Gasteiger partial charge in [0.1, 0.15) is 0 Å². The average molecular weight is 269 g/mol. The van der Waals surface area contributed by atoms with Crippen molar-refractivity contribution in [2.24, 2.45) is 33.3 Å². The fraction of sp³-hybridized carbons (Fsp3) is 0.857. The SMILES string of the molecule is CC(C)CCCN=C(N)NC(N)=NCCCC(C)C. The van der Waals surface area contributed by atoms with E-state index in [2.05, 4.69) is 43.0 Å². The molecule has 19 heavy (non-hydrogen) atoms. The quantitative estimate of drug-likeness (QED) is 0.358. The van der Waals surface area contributed by atoms with Crippen molar-refractivity contribution in [2.75, 3.05) is 13.1 Å². The van der Waals surface area contributed by atoms with Gasteiger partial charge in [-0.15, -0.1) is 0 Å². The van der Waals surface area contributed by atoms with Crippen molar-refractivity contribution in [3.8, 4) is 0 Å². The molecular formula is C14H31N5. The number of aliphatic imine (C=N–C) groups is 2. The van der Waals surface area contributed by atoms with Gasteiger partial charge in [0.15, 0.2) is 11.9 Å². The Bertz CT molecular complexity index is 254. The van der Waals surface area contributed by atoms with Crippen LogP contribution in [0.1, 0.15) is 53.4 Å². The molecule has 0 aromatic carbocycles. The maximum absolute atomic E-state index is 5.72. The van der Waals surface area contributed by atoms with Crippen LogP contribution in [-0.2, 0) is 0 Å². The molecule has 5 N–H and O–H groups in total. The molecule has 0 heterocycles. The lowest BCUT2D eigenvalue weighted by atomic mass is 10.1. The van der Waals surface area contributed by atoms with Gasteiger partial charge in [0.05, 0.1) is 0 Å². The van der Waals surface area contributed by atoms with Crippen molar-refractivity contribution in [1.82, 2.24) is 5.32 Å². The first-order valence-corrected chi connectivity index (χ1v) is 7.28. The van der Waals surface area contributed by atoms with Gasteiger partial charge in [-0.1, -0.05) is 27.7 Å². The molecule has 0 amide bonds. The van der Waals surface area contributed by atoms with Crippen LogP contribution in [0.15, 0.2) is 9.98 Å². The van der Waals surface area contributed by atoms with Gasteiger partial charge in [-0.25, -0.2) is 0 Å². The van der Waals surface area contributed by atoms with Gasteiger partial charge in [-0.2, -0.15) is 0 Å². The average Bonchev–Trinajstić information content (AvgIpc) is 2.30. The highest BCUT2D eigenvalue weighted by Gasteiger charge is 1.97. The summed E-state index contributed by atoms with van der Waals surface area (Å²) in [6.45, 7) is 10.3. The summed E-state index contributed by atoms with van der Waals surface area (Å²) in [6, 6.07) is 0. The second kappa shape index (κ2) is 10.6. The third-order valence-electron chi connectivity index (χ3n) is 2.70. The van der Waals surface area contributed by atoms with E-state index < -0.39 is 0 Å². The lowest BCUT2D eigenvalue weighted by molar-refractivity contribution is 0.561. The summed E-state index contributed by atoms with van der Waals surface area (Å²) in [7, 11) is 0. The fourth-order valence-corrected chi connectivity index (χ4v) is 1.61. The van der Waals surface area contributed by atoms with Crippen molar-refractivity contribution in [2.45, 2.75) is 53.4 Å². The molecule has 0 aromatic rings. The first kappa shape index (κ1) is 17.7. The highest BCUT2D eigenvalue weighted by molar-refractivity contribution is 5.96. The van der Waals surface area contributed by atoms with Gasteiger partial charge in [0.2, 0.25) is 0 Å². The normalized spacial score (nSPS) is 13.4. The molecule has 0 rings (SSSR count). The maximum Gasteiger partial charge on any atom is 0.195 e. The van der Waals surface area contributed by atoms with Gasteiger partial charge in [0.25, 0.3) is 0 Å². The monoisotopic (exact) mass is 269 g/mol.